The van der Waals surface area contributed by atoms with Crippen molar-refractivity contribution in [3.8, 4) is 0 Å². The molecule has 2 aromatic rings. The molecule has 0 aromatic carbocycles. The van der Waals surface area contributed by atoms with E-state index in [1.54, 1.807) is 4.68 Å². The van der Waals surface area contributed by atoms with Gasteiger partial charge in [0.25, 0.3) is 0 Å². The zero-order valence-electron chi connectivity index (χ0n) is 12.3. The van der Waals surface area contributed by atoms with Crippen LogP contribution in [0.5, 0.6) is 0 Å². The number of nitrogens with two attached hydrogens (primary N) is 1. The van der Waals surface area contributed by atoms with Gasteiger partial charge in [0.2, 0.25) is 0 Å². The Balaban J connectivity index is 2.34. The molecule has 0 bridgehead atoms. The highest BCUT2D eigenvalue weighted by Crippen LogP contribution is 2.22. The molecule has 0 aliphatic carbocycles. The molecule has 0 saturated heterocycles. The number of hydrogen-bond acceptors (Lipinski definition) is 4. The van der Waals surface area contributed by atoms with Crippen LogP contribution in [0.25, 0.3) is 0 Å². The van der Waals surface area contributed by atoms with E-state index in [-0.39, 0.29) is 5.84 Å². The second-order valence-electron chi connectivity index (χ2n) is 4.95. The highest BCUT2D eigenvalue weighted by atomic mass is 15.4. The van der Waals surface area contributed by atoms with Gasteiger partial charge in [0, 0.05) is 19.8 Å². The van der Waals surface area contributed by atoms with Gasteiger partial charge in [-0.25, -0.2) is 0 Å². The molecule has 2 rings (SSSR count). The minimum Gasteiger partial charge on any atom is -0.384 e. The Morgan fingerprint density at radius 1 is 1.40 bits per heavy atom. The molecule has 0 radical (unpaired) electrons. The molecule has 0 unspecified atom stereocenters. The van der Waals surface area contributed by atoms with Gasteiger partial charge in [-0.15, -0.1) is 0 Å². The Hall–Kier alpha value is -2.37. The Bertz CT molecular complexity index is 643. The summed E-state index contributed by atoms with van der Waals surface area (Å²) in [5, 5.41) is 12.1. The number of nitrogen functional groups attached to an aromatic ring is 1. The Morgan fingerprint density at radius 3 is 2.70 bits per heavy atom. The Labute approximate surface area is 118 Å². The summed E-state index contributed by atoms with van der Waals surface area (Å²) in [6.45, 7) is 4.47. The van der Waals surface area contributed by atoms with Gasteiger partial charge in [0.1, 0.15) is 11.7 Å². The molecule has 6 nitrogen and oxygen atoms in total. The predicted octanol–water partition coefficient (Wildman–Crippen LogP) is 1.35. The van der Waals surface area contributed by atoms with Crippen molar-refractivity contribution in [1.82, 2.24) is 14.8 Å². The average Bonchev–Trinajstić information content (AvgIpc) is 2.64. The van der Waals surface area contributed by atoms with E-state index in [9.17, 15) is 0 Å². The number of aromatic nitrogens is 3. The van der Waals surface area contributed by atoms with Gasteiger partial charge in [-0.3, -0.25) is 15.1 Å². The van der Waals surface area contributed by atoms with Crippen molar-refractivity contribution < 1.29 is 0 Å². The molecule has 6 heteroatoms. The lowest BCUT2D eigenvalue weighted by Crippen LogP contribution is -2.24. The monoisotopic (exact) mass is 272 g/mol. The molecule has 0 amide bonds. The zero-order chi connectivity index (χ0) is 14.9. The first-order valence-electron chi connectivity index (χ1n) is 6.41. The summed E-state index contributed by atoms with van der Waals surface area (Å²) in [5.74, 6) is 0.868. The van der Waals surface area contributed by atoms with Crippen molar-refractivity contribution in [3.05, 3.63) is 40.8 Å². The summed E-state index contributed by atoms with van der Waals surface area (Å²) in [4.78, 5) is 6.51. The quantitative estimate of drug-likeness (QED) is 0.650. The number of nitrogens with zero attached hydrogens (tertiary/aromatic N) is 4. The summed E-state index contributed by atoms with van der Waals surface area (Å²) in [6, 6.07) is 5.95. The molecular weight excluding hydrogens is 252 g/mol. The number of amidine groups is 1. The maximum atomic E-state index is 7.72. The molecule has 0 atom stereocenters. The molecule has 106 valence electrons. The first-order valence-corrected chi connectivity index (χ1v) is 6.41. The van der Waals surface area contributed by atoms with Gasteiger partial charge in [-0.1, -0.05) is 6.07 Å². The number of anilines is 1. The van der Waals surface area contributed by atoms with E-state index in [0.29, 0.717) is 12.1 Å². The number of pyridine rings is 1. The van der Waals surface area contributed by atoms with Gasteiger partial charge in [0.15, 0.2) is 0 Å². The second kappa shape index (κ2) is 5.32. The molecule has 20 heavy (non-hydrogen) atoms. The highest BCUT2D eigenvalue weighted by Gasteiger charge is 2.19. The normalized spacial score (nSPS) is 10.6. The number of aryl methyl sites for hydroxylation is 3. The Morgan fingerprint density at radius 2 is 2.10 bits per heavy atom. The van der Waals surface area contributed by atoms with Crippen LogP contribution in [-0.4, -0.2) is 27.6 Å². The molecular formula is C14H20N6. The van der Waals surface area contributed by atoms with E-state index in [2.05, 4.69) is 10.1 Å². The molecule has 3 N–H and O–H groups in total. The van der Waals surface area contributed by atoms with Crippen molar-refractivity contribution >= 4 is 11.7 Å². The van der Waals surface area contributed by atoms with Crippen LogP contribution in [0.1, 0.15) is 22.6 Å². The van der Waals surface area contributed by atoms with Crippen LogP contribution < -0.4 is 10.6 Å². The summed E-state index contributed by atoms with van der Waals surface area (Å²) in [6.07, 6.45) is 0. The lowest BCUT2D eigenvalue weighted by Gasteiger charge is -2.20. The predicted molar refractivity (Wildman–Crippen MR) is 80.0 cm³/mol. The number of hydrogen-bond donors (Lipinski definition) is 2. The van der Waals surface area contributed by atoms with Crippen molar-refractivity contribution in [2.45, 2.75) is 20.4 Å². The topological polar surface area (TPSA) is 83.8 Å². The van der Waals surface area contributed by atoms with Crippen LogP contribution in [0.2, 0.25) is 0 Å². The lowest BCUT2D eigenvalue weighted by atomic mass is 10.2. The van der Waals surface area contributed by atoms with Crippen LogP contribution in [-0.2, 0) is 13.6 Å². The van der Waals surface area contributed by atoms with Gasteiger partial charge >= 0.3 is 0 Å². The van der Waals surface area contributed by atoms with E-state index >= 15 is 0 Å². The maximum Gasteiger partial charge on any atom is 0.137 e. The van der Waals surface area contributed by atoms with E-state index < -0.39 is 0 Å². The minimum atomic E-state index is 0.0367. The van der Waals surface area contributed by atoms with E-state index in [1.807, 2.05) is 51.0 Å². The third kappa shape index (κ3) is 2.64. The fourth-order valence-electron chi connectivity index (χ4n) is 2.40. The first-order chi connectivity index (χ1) is 9.40. The van der Waals surface area contributed by atoms with E-state index in [1.165, 1.54) is 0 Å². The molecule has 2 heterocycles. The third-order valence-electron chi connectivity index (χ3n) is 3.17. The molecule has 2 aromatic heterocycles. The Kier molecular flexibility index (Phi) is 3.74. The lowest BCUT2D eigenvalue weighted by molar-refractivity contribution is 0.722. The SMILES string of the molecule is Cc1cccc(CN(C)c2c(C(=N)N)c(C)nn2C)n1. The van der Waals surface area contributed by atoms with Gasteiger partial charge in [0.05, 0.1) is 23.5 Å². The van der Waals surface area contributed by atoms with Crippen LogP contribution in [0.3, 0.4) is 0 Å². The highest BCUT2D eigenvalue weighted by molar-refractivity contribution is 6.00. The fourth-order valence-corrected chi connectivity index (χ4v) is 2.40. The zero-order valence-corrected chi connectivity index (χ0v) is 12.3. The van der Waals surface area contributed by atoms with Crippen LogP contribution in [0.15, 0.2) is 18.2 Å². The van der Waals surface area contributed by atoms with Gasteiger partial charge in [-0.05, 0) is 26.0 Å². The van der Waals surface area contributed by atoms with Crippen molar-refractivity contribution in [1.29, 1.82) is 5.41 Å². The van der Waals surface area contributed by atoms with Crippen molar-refractivity contribution in [2.75, 3.05) is 11.9 Å². The summed E-state index contributed by atoms with van der Waals surface area (Å²) < 4.78 is 1.75. The molecule has 0 saturated carbocycles. The largest absolute Gasteiger partial charge is 0.384 e. The van der Waals surface area contributed by atoms with Crippen LogP contribution >= 0.6 is 0 Å². The fraction of sp³-hybridized carbons (Fsp3) is 0.357. The van der Waals surface area contributed by atoms with Crippen molar-refractivity contribution in [2.24, 2.45) is 12.8 Å². The summed E-state index contributed by atoms with van der Waals surface area (Å²) in [5.41, 5.74) is 9.08. The van der Waals surface area contributed by atoms with E-state index in [4.69, 9.17) is 11.1 Å². The maximum absolute atomic E-state index is 7.72. The van der Waals surface area contributed by atoms with E-state index in [0.717, 1.165) is 22.9 Å². The number of nitrogens with one attached hydrogen (secondary N) is 1. The number of rotatable bonds is 4. The van der Waals surface area contributed by atoms with Gasteiger partial charge < -0.3 is 10.6 Å². The van der Waals surface area contributed by atoms with Crippen LogP contribution in [0, 0.1) is 19.3 Å². The first kappa shape index (κ1) is 14.0. The second-order valence-corrected chi connectivity index (χ2v) is 4.95. The molecule has 0 aliphatic rings. The summed E-state index contributed by atoms with van der Waals surface area (Å²) >= 11 is 0. The molecule has 0 aliphatic heterocycles. The van der Waals surface area contributed by atoms with Crippen LogP contribution in [0.4, 0.5) is 5.82 Å². The third-order valence-corrected chi connectivity index (χ3v) is 3.17. The standard InChI is InChI=1S/C14H20N6/c1-9-6-5-7-11(17-9)8-19(3)14-12(13(15)16)10(2)18-20(14)4/h5-7H,8H2,1-4H3,(H3,15,16). The summed E-state index contributed by atoms with van der Waals surface area (Å²) in [7, 11) is 3.81. The van der Waals surface area contributed by atoms with Gasteiger partial charge in [-0.2, -0.15) is 5.10 Å². The smallest absolute Gasteiger partial charge is 0.137 e. The molecule has 0 fully saturated rings. The average molecular weight is 272 g/mol. The minimum absolute atomic E-state index is 0.0367. The molecule has 0 spiro atoms. The van der Waals surface area contributed by atoms with Crippen molar-refractivity contribution in [3.63, 3.8) is 0 Å².